The summed E-state index contributed by atoms with van der Waals surface area (Å²) >= 11 is 9.82. The topological polar surface area (TPSA) is 63.1 Å². The summed E-state index contributed by atoms with van der Waals surface area (Å²) in [6.07, 6.45) is 0. The summed E-state index contributed by atoms with van der Waals surface area (Å²) in [5.74, 6) is -0.690. The van der Waals surface area contributed by atoms with Gasteiger partial charge in [0.25, 0.3) is 5.91 Å². The van der Waals surface area contributed by atoms with E-state index in [0.717, 1.165) is 32.2 Å². The summed E-state index contributed by atoms with van der Waals surface area (Å²) in [6.45, 7) is 3.71. The molecule has 0 bridgehead atoms. The Balaban J connectivity index is 1.75. The lowest BCUT2D eigenvalue weighted by molar-refractivity contribution is -0.115. The number of carbonyl (C=O) groups is 2. The number of nitrogens with zero attached hydrogens (tertiary/aromatic N) is 1. The van der Waals surface area contributed by atoms with Crippen LogP contribution in [0.3, 0.4) is 0 Å². The summed E-state index contributed by atoms with van der Waals surface area (Å²) in [5.41, 5.74) is 3.87. The number of para-hydroxylation sites is 1. The molecule has 5 nitrogen and oxygen atoms in total. The third-order valence-corrected chi connectivity index (χ3v) is 5.35. The lowest BCUT2D eigenvalue weighted by atomic mass is 10.1. The first-order chi connectivity index (χ1) is 12.8. The summed E-state index contributed by atoms with van der Waals surface area (Å²) < 4.78 is 2.60. The standard InChI is InChI=1S/C20H19BrClN3O2/c1-11-5-4-6-12(2)18(11)24-16(26)10-23-20(27)19-17(22)14-9-13(21)7-8-15(14)25(19)3/h4-9H,10H2,1-3H3,(H,23,27)(H,24,26). The Morgan fingerprint density at radius 1 is 1.15 bits per heavy atom. The number of benzene rings is 2. The molecule has 0 radical (unpaired) electrons. The highest BCUT2D eigenvalue weighted by Crippen LogP contribution is 2.32. The first-order valence-corrected chi connectivity index (χ1v) is 9.54. The molecule has 1 heterocycles. The molecule has 0 saturated heterocycles. The van der Waals surface area contributed by atoms with Gasteiger partial charge in [-0.25, -0.2) is 0 Å². The lowest BCUT2D eigenvalue weighted by Crippen LogP contribution is -2.34. The van der Waals surface area contributed by atoms with Crippen LogP contribution in [-0.2, 0) is 11.8 Å². The van der Waals surface area contributed by atoms with Crippen LogP contribution in [0.4, 0.5) is 5.69 Å². The highest BCUT2D eigenvalue weighted by molar-refractivity contribution is 9.10. The number of aryl methyl sites for hydroxylation is 3. The van der Waals surface area contributed by atoms with Crippen LogP contribution < -0.4 is 10.6 Å². The van der Waals surface area contributed by atoms with Crippen molar-refractivity contribution in [3.05, 3.63) is 62.7 Å². The van der Waals surface area contributed by atoms with Gasteiger partial charge < -0.3 is 15.2 Å². The highest BCUT2D eigenvalue weighted by Gasteiger charge is 2.20. The van der Waals surface area contributed by atoms with Gasteiger partial charge in [-0.15, -0.1) is 0 Å². The summed E-state index contributed by atoms with van der Waals surface area (Å²) in [7, 11) is 1.77. The molecule has 140 valence electrons. The molecule has 3 rings (SSSR count). The third kappa shape index (κ3) is 3.87. The quantitative estimate of drug-likeness (QED) is 0.614. The average molecular weight is 449 g/mol. The van der Waals surface area contributed by atoms with E-state index in [1.807, 2.05) is 50.2 Å². The molecule has 0 spiro atoms. The van der Waals surface area contributed by atoms with Crippen LogP contribution in [0.1, 0.15) is 21.6 Å². The second kappa shape index (κ2) is 7.74. The number of aromatic nitrogens is 1. The van der Waals surface area contributed by atoms with Crippen LogP contribution in [-0.4, -0.2) is 22.9 Å². The molecule has 0 aliphatic rings. The monoisotopic (exact) mass is 447 g/mol. The molecule has 27 heavy (non-hydrogen) atoms. The predicted octanol–water partition coefficient (Wildman–Crippen LogP) is 4.58. The fraction of sp³-hybridized carbons (Fsp3) is 0.200. The van der Waals surface area contributed by atoms with Gasteiger partial charge in [0.05, 0.1) is 11.6 Å². The molecule has 0 fully saturated rings. The number of amides is 2. The Labute approximate surface area is 170 Å². The van der Waals surface area contributed by atoms with Gasteiger partial charge in [-0.1, -0.05) is 45.7 Å². The number of rotatable bonds is 4. The van der Waals surface area contributed by atoms with E-state index in [1.54, 1.807) is 11.6 Å². The van der Waals surface area contributed by atoms with Crippen molar-refractivity contribution in [2.45, 2.75) is 13.8 Å². The Morgan fingerprint density at radius 2 is 1.81 bits per heavy atom. The first-order valence-electron chi connectivity index (χ1n) is 8.37. The van der Waals surface area contributed by atoms with Gasteiger partial charge in [0.1, 0.15) is 5.69 Å². The van der Waals surface area contributed by atoms with Crippen molar-refractivity contribution in [2.24, 2.45) is 7.05 Å². The zero-order valence-electron chi connectivity index (χ0n) is 15.2. The Morgan fingerprint density at radius 3 is 2.48 bits per heavy atom. The maximum atomic E-state index is 12.6. The summed E-state index contributed by atoms with van der Waals surface area (Å²) in [4.78, 5) is 24.9. The van der Waals surface area contributed by atoms with Gasteiger partial charge in [-0.2, -0.15) is 0 Å². The fourth-order valence-electron chi connectivity index (χ4n) is 3.06. The Kier molecular flexibility index (Phi) is 5.58. The van der Waals surface area contributed by atoms with Gasteiger partial charge in [0, 0.05) is 28.1 Å². The van der Waals surface area contributed by atoms with E-state index >= 15 is 0 Å². The maximum absolute atomic E-state index is 12.6. The predicted molar refractivity (Wildman–Crippen MR) is 113 cm³/mol. The second-order valence-electron chi connectivity index (χ2n) is 6.38. The molecule has 0 aliphatic heterocycles. The van der Waals surface area contributed by atoms with Crippen LogP contribution in [0.25, 0.3) is 10.9 Å². The smallest absolute Gasteiger partial charge is 0.269 e. The maximum Gasteiger partial charge on any atom is 0.269 e. The largest absolute Gasteiger partial charge is 0.342 e. The van der Waals surface area contributed by atoms with Crippen molar-refractivity contribution in [2.75, 3.05) is 11.9 Å². The van der Waals surface area contributed by atoms with Gasteiger partial charge in [0.2, 0.25) is 5.91 Å². The second-order valence-corrected chi connectivity index (χ2v) is 7.67. The lowest BCUT2D eigenvalue weighted by Gasteiger charge is -2.12. The molecule has 0 saturated carbocycles. The minimum atomic E-state index is -0.397. The van der Waals surface area contributed by atoms with Crippen molar-refractivity contribution in [3.8, 4) is 0 Å². The van der Waals surface area contributed by atoms with Gasteiger partial charge in [0.15, 0.2) is 0 Å². The molecule has 1 aromatic heterocycles. The van der Waals surface area contributed by atoms with E-state index in [4.69, 9.17) is 11.6 Å². The molecule has 0 unspecified atom stereocenters. The molecule has 2 N–H and O–H groups in total. The van der Waals surface area contributed by atoms with Crippen LogP contribution in [0.5, 0.6) is 0 Å². The molecule has 2 aromatic carbocycles. The van der Waals surface area contributed by atoms with Gasteiger partial charge in [-0.05, 0) is 43.2 Å². The molecule has 3 aromatic rings. The van der Waals surface area contributed by atoms with E-state index in [9.17, 15) is 9.59 Å². The van der Waals surface area contributed by atoms with Crippen LogP contribution in [0.15, 0.2) is 40.9 Å². The van der Waals surface area contributed by atoms with Gasteiger partial charge >= 0.3 is 0 Å². The minimum Gasteiger partial charge on any atom is -0.342 e. The highest BCUT2D eigenvalue weighted by atomic mass is 79.9. The Bertz CT molecular complexity index is 1040. The number of hydrogen-bond acceptors (Lipinski definition) is 2. The zero-order chi connectivity index (χ0) is 19.7. The van der Waals surface area contributed by atoms with E-state index in [-0.39, 0.29) is 12.5 Å². The zero-order valence-corrected chi connectivity index (χ0v) is 17.5. The van der Waals surface area contributed by atoms with E-state index < -0.39 is 5.91 Å². The van der Waals surface area contributed by atoms with Crippen molar-refractivity contribution < 1.29 is 9.59 Å². The van der Waals surface area contributed by atoms with Crippen molar-refractivity contribution in [1.29, 1.82) is 0 Å². The number of fused-ring (bicyclic) bond motifs is 1. The molecule has 0 atom stereocenters. The summed E-state index contributed by atoms with van der Waals surface area (Å²) in [5, 5.41) is 6.64. The van der Waals surface area contributed by atoms with Crippen LogP contribution >= 0.6 is 27.5 Å². The molecular formula is C20H19BrClN3O2. The van der Waals surface area contributed by atoms with Crippen molar-refractivity contribution >= 4 is 55.9 Å². The third-order valence-electron chi connectivity index (χ3n) is 4.47. The number of hydrogen-bond donors (Lipinski definition) is 2. The first kappa shape index (κ1) is 19.5. The van der Waals surface area contributed by atoms with Crippen LogP contribution in [0, 0.1) is 13.8 Å². The van der Waals surface area contributed by atoms with Crippen molar-refractivity contribution in [1.82, 2.24) is 9.88 Å². The molecule has 7 heteroatoms. The SMILES string of the molecule is Cc1cccc(C)c1NC(=O)CNC(=O)c1c(Cl)c2cc(Br)ccc2n1C. The van der Waals surface area contributed by atoms with E-state index in [0.29, 0.717) is 10.7 Å². The van der Waals surface area contributed by atoms with Crippen molar-refractivity contribution in [3.63, 3.8) is 0 Å². The van der Waals surface area contributed by atoms with Gasteiger partial charge in [-0.3, -0.25) is 9.59 Å². The molecular weight excluding hydrogens is 430 g/mol. The van der Waals surface area contributed by atoms with E-state index in [2.05, 4.69) is 26.6 Å². The number of carbonyl (C=O) groups excluding carboxylic acids is 2. The summed E-state index contributed by atoms with van der Waals surface area (Å²) in [6, 6.07) is 11.4. The Hall–Kier alpha value is -2.31. The fourth-order valence-corrected chi connectivity index (χ4v) is 3.79. The number of anilines is 1. The average Bonchev–Trinajstić information content (AvgIpc) is 2.86. The normalized spacial score (nSPS) is 10.9. The van der Waals surface area contributed by atoms with E-state index in [1.165, 1.54) is 0 Å². The molecule has 2 amide bonds. The number of nitrogens with one attached hydrogen (secondary N) is 2. The number of halogens is 2. The minimum absolute atomic E-state index is 0.145. The van der Waals surface area contributed by atoms with Crippen LogP contribution in [0.2, 0.25) is 5.02 Å². The molecule has 0 aliphatic carbocycles.